The van der Waals surface area contributed by atoms with Crippen molar-refractivity contribution in [2.75, 3.05) is 32.8 Å². The van der Waals surface area contributed by atoms with Crippen molar-refractivity contribution in [3.63, 3.8) is 0 Å². The van der Waals surface area contributed by atoms with Gasteiger partial charge in [-0.2, -0.15) is 0 Å². The second-order valence-electron chi connectivity index (χ2n) is 6.64. The Bertz CT molecular complexity index is 889. The van der Waals surface area contributed by atoms with Crippen molar-refractivity contribution in [3.8, 4) is 5.75 Å². The predicted octanol–water partition coefficient (Wildman–Crippen LogP) is 2.98. The third kappa shape index (κ3) is 8.95. The normalized spacial score (nSPS) is 13.7. The molecule has 0 atom stereocenters. The van der Waals surface area contributed by atoms with E-state index in [4.69, 9.17) is 36.1 Å². The molecule has 31 heavy (non-hydrogen) atoms. The van der Waals surface area contributed by atoms with E-state index in [9.17, 15) is 4.79 Å². The van der Waals surface area contributed by atoms with Gasteiger partial charge in [-0.3, -0.25) is 9.69 Å². The van der Waals surface area contributed by atoms with E-state index >= 15 is 0 Å². The summed E-state index contributed by atoms with van der Waals surface area (Å²) >= 11 is 9.34. The summed E-state index contributed by atoms with van der Waals surface area (Å²) < 4.78 is 6.64. The fraction of sp³-hybridized carbons (Fsp3) is 0.286. The van der Waals surface area contributed by atoms with Crippen LogP contribution in [0.25, 0.3) is 0 Å². The first-order valence-electron chi connectivity index (χ1n) is 9.33. The molecule has 3 rings (SSSR count). The lowest BCUT2D eigenvalue weighted by atomic mass is 10.2. The Morgan fingerprint density at radius 1 is 0.968 bits per heavy atom. The highest BCUT2D eigenvalue weighted by atomic mass is 79.9. The summed E-state index contributed by atoms with van der Waals surface area (Å²) in [5.74, 6) is -2.96. The molecular formula is C21H22BrClN2O6. The standard InChI is InChI=1S/C19H20BrClN2O2.C2H2O4/c20-16-3-1-2-15(12-16)13-22-8-10-23(11-9-22)19(24)14-25-18-6-4-17(21)5-7-18;3-1(4)2(5)6/h1-7,12H,8-11,13-14H2;(H,3,4)(H,5,6). The second-order valence-corrected chi connectivity index (χ2v) is 7.99. The lowest BCUT2D eigenvalue weighted by Crippen LogP contribution is -2.49. The first-order valence-corrected chi connectivity index (χ1v) is 10.5. The third-order valence-corrected chi connectivity index (χ3v) is 5.12. The second kappa shape index (κ2) is 12.3. The number of amides is 1. The third-order valence-electron chi connectivity index (χ3n) is 4.38. The highest BCUT2D eigenvalue weighted by molar-refractivity contribution is 9.10. The maximum absolute atomic E-state index is 12.3. The van der Waals surface area contributed by atoms with E-state index in [0.29, 0.717) is 10.8 Å². The zero-order valence-electron chi connectivity index (χ0n) is 16.5. The van der Waals surface area contributed by atoms with Crippen LogP contribution in [0.5, 0.6) is 5.75 Å². The Morgan fingerprint density at radius 3 is 2.13 bits per heavy atom. The minimum Gasteiger partial charge on any atom is -0.484 e. The van der Waals surface area contributed by atoms with E-state index in [0.717, 1.165) is 37.2 Å². The van der Waals surface area contributed by atoms with Crippen LogP contribution in [0.4, 0.5) is 0 Å². The Kier molecular flexibility index (Phi) is 9.77. The minimum absolute atomic E-state index is 0.0251. The van der Waals surface area contributed by atoms with Crippen LogP contribution in [-0.4, -0.2) is 70.6 Å². The number of carboxylic acid groups (broad SMARTS) is 2. The molecule has 0 unspecified atom stereocenters. The molecule has 2 aromatic carbocycles. The van der Waals surface area contributed by atoms with E-state index in [1.165, 1.54) is 5.56 Å². The van der Waals surface area contributed by atoms with Gasteiger partial charge in [-0.15, -0.1) is 0 Å². The number of carbonyl (C=O) groups is 3. The number of piperazine rings is 1. The zero-order valence-corrected chi connectivity index (χ0v) is 18.9. The summed E-state index contributed by atoms with van der Waals surface area (Å²) in [7, 11) is 0. The van der Waals surface area contributed by atoms with Crippen LogP contribution in [0.15, 0.2) is 53.0 Å². The minimum atomic E-state index is -1.82. The van der Waals surface area contributed by atoms with Crippen molar-refractivity contribution in [1.29, 1.82) is 0 Å². The highest BCUT2D eigenvalue weighted by Crippen LogP contribution is 2.16. The summed E-state index contributed by atoms with van der Waals surface area (Å²) in [6.07, 6.45) is 0. The van der Waals surface area contributed by atoms with Gasteiger partial charge in [-0.1, -0.05) is 39.7 Å². The predicted molar refractivity (Wildman–Crippen MR) is 118 cm³/mol. The van der Waals surface area contributed by atoms with Crippen LogP contribution in [-0.2, 0) is 20.9 Å². The van der Waals surface area contributed by atoms with Crippen LogP contribution in [0.2, 0.25) is 5.02 Å². The van der Waals surface area contributed by atoms with Gasteiger partial charge in [0.1, 0.15) is 5.75 Å². The van der Waals surface area contributed by atoms with Crippen molar-refractivity contribution in [2.45, 2.75) is 6.54 Å². The molecule has 1 saturated heterocycles. The molecule has 1 aliphatic rings. The zero-order chi connectivity index (χ0) is 22.8. The Labute approximate surface area is 193 Å². The summed E-state index contributed by atoms with van der Waals surface area (Å²) in [6.45, 7) is 4.18. The molecule has 0 aromatic heterocycles. The largest absolute Gasteiger partial charge is 0.484 e. The first kappa shape index (κ1) is 24.6. The van der Waals surface area contributed by atoms with E-state index in [2.05, 4.69) is 33.0 Å². The molecule has 8 nitrogen and oxygen atoms in total. The Hall–Kier alpha value is -2.62. The number of hydrogen-bond acceptors (Lipinski definition) is 5. The molecule has 1 aliphatic heterocycles. The molecule has 1 amide bonds. The molecule has 0 radical (unpaired) electrons. The van der Waals surface area contributed by atoms with E-state index in [-0.39, 0.29) is 12.5 Å². The summed E-state index contributed by atoms with van der Waals surface area (Å²) in [6, 6.07) is 15.4. The molecular weight excluding hydrogens is 492 g/mol. The molecule has 10 heteroatoms. The maximum atomic E-state index is 12.3. The molecule has 1 heterocycles. The summed E-state index contributed by atoms with van der Waals surface area (Å²) in [5, 5.41) is 15.4. The molecule has 0 saturated carbocycles. The SMILES string of the molecule is O=C(COc1ccc(Cl)cc1)N1CCN(Cc2cccc(Br)c2)CC1.O=C(O)C(=O)O. The average molecular weight is 514 g/mol. The van der Waals surface area contributed by atoms with Gasteiger partial charge in [-0.25, -0.2) is 9.59 Å². The number of rotatable bonds is 5. The summed E-state index contributed by atoms with van der Waals surface area (Å²) in [4.78, 5) is 34.7. The van der Waals surface area contributed by atoms with Gasteiger partial charge in [0.2, 0.25) is 0 Å². The molecule has 0 spiro atoms. The fourth-order valence-electron chi connectivity index (χ4n) is 2.82. The first-order chi connectivity index (χ1) is 14.7. The number of benzene rings is 2. The molecule has 2 N–H and O–H groups in total. The number of halogens is 2. The lowest BCUT2D eigenvalue weighted by Gasteiger charge is -2.34. The fourth-order valence-corrected chi connectivity index (χ4v) is 3.39. The van der Waals surface area contributed by atoms with Gasteiger partial charge in [-0.05, 0) is 42.0 Å². The maximum Gasteiger partial charge on any atom is 0.414 e. The molecule has 0 bridgehead atoms. The van der Waals surface area contributed by atoms with E-state index in [1.807, 2.05) is 17.0 Å². The molecule has 0 aliphatic carbocycles. The Balaban J connectivity index is 0.000000501. The number of nitrogens with zero attached hydrogens (tertiary/aromatic N) is 2. The van der Waals surface area contributed by atoms with Gasteiger partial charge in [0.15, 0.2) is 6.61 Å². The van der Waals surface area contributed by atoms with Crippen LogP contribution in [0, 0.1) is 0 Å². The smallest absolute Gasteiger partial charge is 0.414 e. The quantitative estimate of drug-likeness (QED) is 0.592. The van der Waals surface area contributed by atoms with Crippen LogP contribution >= 0.6 is 27.5 Å². The monoisotopic (exact) mass is 512 g/mol. The van der Waals surface area contributed by atoms with Crippen molar-refractivity contribution in [1.82, 2.24) is 9.80 Å². The number of carbonyl (C=O) groups excluding carboxylic acids is 1. The van der Waals surface area contributed by atoms with E-state index < -0.39 is 11.9 Å². The molecule has 2 aromatic rings. The number of ether oxygens (including phenoxy) is 1. The summed E-state index contributed by atoms with van der Waals surface area (Å²) in [5.41, 5.74) is 1.28. The molecule has 1 fully saturated rings. The van der Waals surface area contributed by atoms with Gasteiger partial charge in [0.05, 0.1) is 0 Å². The van der Waals surface area contributed by atoms with Crippen LogP contribution in [0.1, 0.15) is 5.56 Å². The highest BCUT2D eigenvalue weighted by Gasteiger charge is 2.21. The lowest BCUT2D eigenvalue weighted by molar-refractivity contribution is -0.159. The van der Waals surface area contributed by atoms with Crippen molar-refractivity contribution in [2.24, 2.45) is 0 Å². The number of carboxylic acids is 2. The van der Waals surface area contributed by atoms with Gasteiger partial charge >= 0.3 is 11.9 Å². The Morgan fingerprint density at radius 2 is 1.58 bits per heavy atom. The number of aliphatic carboxylic acids is 2. The van der Waals surface area contributed by atoms with Gasteiger partial charge < -0.3 is 19.8 Å². The van der Waals surface area contributed by atoms with Gasteiger partial charge in [0, 0.05) is 42.2 Å². The average Bonchev–Trinajstić information content (AvgIpc) is 2.74. The van der Waals surface area contributed by atoms with Crippen LogP contribution < -0.4 is 4.74 Å². The van der Waals surface area contributed by atoms with Gasteiger partial charge in [0.25, 0.3) is 5.91 Å². The van der Waals surface area contributed by atoms with Crippen molar-refractivity contribution < 1.29 is 29.3 Å². The number of hydrogen-bond donors (Lipinski definition) is 2. The van der Waals surface area contributed by atoms with Crippen molar-refractivity contribution >= 4 is 45.4 Å². The van der Waals surface area contributed by atoms with E-state index in [1.54, 1.807) is 24.3 Å². The van der Waals surface area contributed by atoms with Crippen molar-refractivity contribution in [3.05, 3.63) is 63.6 Å². The van der Waals surface area contributed by atoms with Crippen LogP contribution in [0.3, 0.4) is 0 Å². The molecule has 166 valence electrons. The topological polar surface area (TPSA) is 107 Å².